The first-order valence-electron chi connectivity index (χ1n) is 9.11. The van der Waals surface area contributed by atoms with Crippen LogP contribution in [-0.2, 0) is 21.2 Å². The molecule has 8 heteroatoms. The van der Waals surface area contributed by atoms with E-state index in [-0.39, 0.29) is 29.9 Å². The quantitative estimate of drug-likeness (QED) is 0.835. The van der Waals surface area contributed by atoms with Crippen molar-refractivity contribution in [2.75, 3.05) is 19.6 Å². The van der Waals surface area contributed by atoms with Gasteiger partial charge >= 0.3 is 6.03 Å². The van der Waals surface area contributed by atoms with Gasteiger partial charge in [0, 0.05) is 13.1 Å². The Labute approximate surface area is 164 Å². The number of benzene rings is 2. The van der Waals surface area contributed by atoms with E-state index < -0.39 is 16.1 Å². The first-order valence-corrected chi connectivity index (χ1v) is 10.6. The van der Waals surface area contributed by atoms with Crippen molar-refractivity contribution in [3.05, 3.63) is 65.2 Å². The third kappa shape index (κ3) is 3.35. The molecule has 146 valence electrons. The van der Waals surface area contributed by atoms with E-state index in [1.807, 2.05) is 31.2 Å². The van der Waals surface area contributed by atoms with Gasteiger partial charge in [-0.15, -0.1) is 0 Å². The Morgan fingerprint density at radius 2 is 1.82 bits per heavy atom. The number of nitrogens with zero attached hydrogens (tertiary/aromatic N) is 2. The highest BCUT2D eigenvalue weighted by atomic mass is 32.2. The minimum Gasteiger partial charge on any atom is -0.332 e. The predicted octanol–water partition coefficient (Wildman–Crippen LogP) is 1.83. The molecule has 0 aromatic heterocycles. The molecular formula is C20H21N3O4S. The molecule has 2 aromatic carbocycles. The fraction of sp³-hybridized carbons (Fsp3) is 0.300. The first kappa shape index (κ1) is 18.5. The minimum absolute atomic E-state index is 0.0134. The average Bonchev–Trinajstić information content (AvgIpc) is 2.67. The number of amides is 3. The van der Waals surface area contributed by atoms with Crippen molar-refractivity contribution in [3.8, 4) is 0 Å². The molecule has 2 aliphatic heterocycles. The van der Waals surface area contributed by atoms with Gasteiger partial charge in [-0.1, -0.05) is 42.0 Å². The van der Waals surface area contributed by atoms with Crippen LogP contribution in [0, 0.1) is 6.92 Å². The number of fused-ring (bicyclic) bond motifs is 3. The molecular weight excluding hydrogens is 378 g/mol. The van der Waals surface area contributed by atoms with Crippen molar-refractivity contribution in [1.29, 1.82) is 0 Å². The van der Waals surface area contributed by atoms with Crippen LogP contribution in [-0.4, -0.2) is 49.8 Å². The summed E-state index contributed by atoms with van der Waals surface area (Å²) >= 11 is 0. The summed E-state index contributed by atoms with van der Waals surface area (Å²) in [5.74, 6) is -0.173. The molecule has 1 saturated heterocycles. The molecule has 1 unspecified atom stereocenters. The Bertz CT molecular complexity index is 1030. The number of carbonyl (C=O) groups excluding carboxylic acids is 2. The number of urea groups is 1. The van der Waals surface area contributed by atoms with E-state index in [0.717, 1.165) is 23.1 Å². The van der Waals surface area contributed by atoms with Crippen molar-refractivity contribution in [1.82, 2.24) is 14.5 Å². The maximum absolute atomic E-state index is 12.7. The SMILES string of the molecule is Cc1ccc(S(=O)(=O)NC(=O)N2CC(=O)N3CCc4ccccc4C3C2)cc1. The number of aryl methyl sites for hydroxylation is 1. The van der Waals surface area contributed by atoms with Gasteiger partial charge in [0.25, 0.3) is 10.0 Å². The third-order valence-electron chi connectivity index (χ3n) is 5.29. The lowest BCUT2D eigenvalue weighted by Gasteiger charge is -2.44. The molecule has 0 radical (unpaired) electrons. The summed E-state index contributed by atoms with van der Waals surface area (Å²) in [6.45, 7) is 2.59. The van der Waals surface area contributed by atoms with E-state index in [0.29, 0.717) is 6.54 Å². The van der Waals surface area contributed by atoms with Gasteiger partial charge in [0.1, 0.15) is 6.54 Å². The third-order valence-corrected chi connectivity index (χ3v) is 6.63. The van der Waals surface area contributed by atoms with Crippen LogP contribution in [0.4, 0.5) is 4.79 Å². The van der Waals surface area contributed by atoms with Crippen LogP contribution in [0.3, 0.4) is 0 Å². The predicted molar refractivity (Wildman–Crippen MR) is 103 cm³/mol. The Kier molecular flexibility index (Phi) is 4.58. The van der Waals surface area contributed by atoms with Gasteiger partial charge in [-0.05, 0) is 36.6 Å². The Morgan fingerprint density at radius 1 is 1.11 bits per heavy atom. The van der Waals surface area contributed by atoms with Gasteiger partial charge in [0.2, 0.25) is 5.91 Å². The fourth-order valence-electron chi connectivity index (χ4n) is 3.78. The standard InChI is InChI=1S/C20H21N3O4S/c1-14-6-8-16(9-7-14)28(26,27)21-20(25)22-12-18-17-5-3-2-4-15(17)10-11-23(18)19(24)13-22/h2-9,18H,10-13H2,1H3,(H,21,25). The first-order chi connectivity index (χ1) is 13.3. The molecule has 7 nitrogen and oxygen atoms in total. The molecule has 3 amide bonds. The molecule has 0 saturated carbocycles. The summed E-state index contributed by atoms with van der Waals surface area (Å²) in [4.78, 5) is 28.3. The molecule has 0 aliphatic carbocycles. The van der Waals surface area contributed by atoms with Gasteiger partial charge < -0.3 is 9.80 Å². The van der Waals surface area contributed by atoms with Crippen molar-refractivity contribution >= 4 is 22.0 Å². The van der Waals surface area contributed by atoms with Gasteiger partial charge in [-0.3, -0.25) is 4.79 Å². The van der Waals surface area contributed by atoms with Crippen LogP contribution < -0.4 is 4.72 Å². The average molecular weight is 399 g/mol. The molecule has 28 heavy (non-hydrogen) atoms. The largest absolute Gasteiger partial charge is 0.332 e. The smallest absolute Gasteiger partial charge is 0.331 e. The summed E-state index contributed by atoms with van der Waals surface area (Å²) in [6, 6.07) is 13.1. The topological polar surface area (TPSA) is 86.8 Å². The maximum atomic E-state index is 12.7. The Hall–Kier alpha value is -2.87. The molecule has 2 aromatic rings. The highest BCUT2D eigenvalue weighted by Crippen LogP contribution is 2.33. The van der Waals surface area contributed by atoms with E-state index in [1.165, 1.54) is 17.0 Å². The Morgan fingerprint density at radius 3 is 2.57 bits per heavy atom. The van der Waals surface area contributed by atoms with Crippen molar-refractivity contribution in [2.45, 2.75) is 24.3 Å². The van der Waals surface area contributed by atoms with Crippen LogP contribution >= 0.6 is 0 Å². The second-order valence-corrected chi connectivity index (χ2v) is 8.84. The molecule has 4 rings (SSSR count). The van der Waals surface area contributed by atoms with Crippen molar-refractivity contribution in [2.24, 2.45) is 0 Å². The summed E-state index contributed by atoms with van der Waals surface area (Å²) in [7, 11) is -4.00. The lowest BCUT2D eigenvalue weighted by atomic mass is 9.91. The molecule has 2 heterocycles. The summed E-state index contributed by atoms with van der Waals surface area (Å²) in [6.07, 6.45) is 0.784. The second kappa shape index (κ2) is 6.94. The molecule has 0 spiro atoms. The maximum Gasteiger partial charge on any atom is 0.331 e. The number of carbonyl (C=O) groups is 2. The second-order valence-electron chi connectivity index (χ2n) is 7.16. The van der Waals surface area contributed by atoms with Crippen LogP contribution in [0.2, 0.25) is 0 Å². The highest BCUT2D eigenvalue weighted by Gasteiger charge is 2.39. The van der Waals surface area contributed by atoms with Crippen molar-refractivity contribution < 1.29 is 18.0 Å². The molecule has 2 aliphatic rings. The number of piperazine rings is 1. The zero-order valence-electron chi connectivity index (χ0n) is 15.5. The molecule has 0 bridgehead atoms. The van der Waals surface area contributed by atoms with Crippen molar-refractivity contribution in [3.63, 3.8) is 0 Å². The zero-order valence-corrected chi connectivity index (χ0v) is 16.3. The van der Waals surface area contributed by atoms with Gasteiger partial charge in [0.05, 0.1) is 10.9 Å². The number of rotatable bonds is 2. The molecule has 1 N–H and O–H groups in total. The summed E-state index contributed by atoms with van der Waals surface area (Å²) < 4.78 is 27.1. The minimum atomic E-state index is -4.00. The van der Waals surface area contributed by atoms with Gasteiger partial charge in [-0.2, -0.15) is 0 Å². The molecule has 1 fully saturated rings. The summed E-state index contributed by atoms with van der Waals surface area (Å²) in [5, 5.41) is 0. The lowest BCUT2D eigenvalue weighted by Crippen LogP contribution is -2.57. The normalized spacial score (nSPS) is 19.0. The van der Waals surface area contributed by atoms with Crippen LogP contribution in [0.5, 0.6) is 0 Å². The van der Waals surface area contributed by atoms with Crippen LogP contribution in [0.25, 0.3) is 0 Å². The Balaban J connectivity index is 1.54. The van der Waals surface area contributed by atoms with E-state index in [1.54, 1.807) is 17.0 Å². The highest BCUT2D eigenvalue weighted by molar-refractivity contribution is 7.90. The number of sulfonamides is 1. The monoisotopic (exact) mass is 399 g/mol. The van der Waals surface area contributed by atoms with E-state index >= 15 is 0 Å². The van der Waals surface area contributed by atoms with E-state index in [4.69, 9.17) is 0 Å². The number of nitrogens with one attached hydrogen (secondary N) is 1. The van der Waals surface area contributed by atoms with Crippen LogP contribution in [0.15, 0.2) is 53.4 Å². The van der Waals surface area contributed by atoms with E-state index in [9.17, 15) is 18.0 Å². The fourth-order valence-corrected chi connectivity index (χ4v) is 4.76. The number of hydrogen-bond donors (Lipinski definition) is 1. The van der Waals surface area contributed by atoms with E-state index in [2.05, 4.69) is 4.72 Å². The summed E-state index contributed by atoms with van der Waals surface area (Å²) in [5.41, 5.74) is 3.09. The van der Waals surface area contributed by atoms with Gasteiger partial charge in [-0.25, -0.2) is 17.9 Å². The number of hydrogen-bond acceptors (Lipinski definition) is 4. The van der Waals surface area contributed by atoms with Gasteiger partial charge in [0.15, 0.2) is 0 Å². The van der Waals surface area contributed by atoms with Crippen LogP contribution in [0.1, 0.15) is 22.7 Å². The zero-order chi connectivity index (χ0) is 19.9. The lowest BCUT2D eigenvalue weighted by molar-refractivity contribution is -0.139. The molecule has 1 atom stereocenters.